The van der Waals surface area contributed by atoms with Crippen molar-refractivity contribution in [3.8, 4) is 0 Å². The summed E-state index contributed by atoms with van der Waals surface area (Å²) in [7, 11) is 0. The van der Waals surface area contributed by atoms with Crippen LogP contribution in [-0.2, 0) is 0 Å². The number of amides is 1. The van der Waals surface area contributed by atoms with Crippen molar-refractivity contribution < 1.29 is 4.79 Å². The van der Waals surface area contributed by atoms with Gasteiger partial charge in [-0.3, -0.25) is 9.20 Å². The first-order chi connectivity index (χ1) is 10.8. The second-order valence-electron chi connectivity index (χ2n) is 4.77. The number of nitrogens with zero attached hydrogens (tertiary/aromatic N) is 3. The molecule has 0 radical (unpaired) electrons. The molecule has 7 heteroatoms. The van der Waals surface area contributed by atoms with Crippen molar-refractivity contribution >= 4 is 34.7 Å². The fourth-order valence-corrected chi connectivity index (χ4v) is 3.33. The molecule has 1 amide bonds. The van der Waals surface area contributed by atoms with Gasteiger partial charge in [0, 0.05) is 6.20 Å². The third-order valence-corrected chi connectivity index (χ3v) is 4.83. The van der Waals surface area contributed by atoms with Crippen molar-refractivity contribution in [1.82, 2.24) is 19.9 Å². The van der Waals surface area contributed by atoms with Crippen LogP contribution >= 0.6 is 23.1 Å². The molecular weight excluding hydrogens is 316 g/mol. The van der Waals surface area contributed by atoms with Crippen molar-refractivity contribution in [2.24, 2.45) is 0 Å². The van der Waals surface area contributed by atoms with Gasteiger partial charge in [-0.25, -0.2) is 0 Å². The molecule has 5 nitrogen and oxygen atoms in total. The number of hydrogen-bond acceptors (Lipinski definition) is 5. The standard InChI is InChI=1S/C15H16N4OS2/c1-21-10-7-11(16-15(20)12-5-4-9-22-12)14-18-17-13-6-2-3-8-19(13)14/h2-6,8-9,11H,7,10H2,1H3,(H,16,20)/t11-/m1/s1. The Morgan fingerprint density at radius 3 is 3.05 bits per heavy atom. The molecule has 0 fully saturated rings. The highest BCUT2D eigenvalue weighted by Gasteiger charge is 2.21. The molecule has 0 aliphatic rings. The molecule has 0 bridgehead atoms. The maximum Gasteiger partial charge on any atom is 0.261 e. The van der Waals surface area contributed by atoms with E-state index in [9.17, 15) is 4.79 Å². The number of carbonyl (C=O) groups excluding carboxylic acids is 1. The Balaban J connectivity index is 1.87. The van der Waals surface area contributed by atoms with Crippen LogP contribution in [0.2, 0.25) is 0 Å². The van der Waals surface area contributed by atoms with Gasteiger partial charge >= 0.3 is 0 Å². The van der Waals surface area contributed by atoms with Crippen molar-refractivity contribution in [3.63, 3.8) is 0 Å². The van der Waals surface area contributed by atoms with Gasteiger partial charge in [0.1, 0.15) is 0 Å². The number of rotatable bonds is 6. The van der Waals surface area contributed by atoms with Crippen LogP contribution in [0.15, 0.2) is 41.9 Å². The maximum absolute atomic E-state index is 12.3. The number of pyridine rings is 1. The van der Waals surface area contributed by atoms with Crippen molar-refractivity contribution in [2.45, 2.75) is 12.5 Å². The topological polar surface area (TPSA) is 59.3 Å². The van der Waals surface area contributed by atoms with Crippen LogP contribution in [0.3, 0.4) is 0 Å². The molecule has 0 saturated heterocycles. The van der Waals surface area contributed by atoms with E-state index in [2.05, 4.69) is 21.8 Å². The predicted octanol–water partition coefficient (Wildman–Crippen LogP) is 3.02. The number of hydrogen-bond donors (Lipinski definition) is 1. The first kappa shape index (κ1) is 15.1. The van der Waals surface area contributed by atoms with Crippen molar-refractivity contribution in [1.29, 1.82) is 0 Å². The Bertz CT molecular complexity index is 754. The normalized spacial score (nSPS) is 12.4. The monoisotopic (exact) mass is 332 g/mol. The molecular formula is C15H16N4OS2. The van der Waals surface area contributed by atoms with Crippen molar-refractivity contribution in [2.75, 3.05) is 12.0 Å². The molecule has 0 spiro atoms. The van der Waals surface area contributed by atoms with Gasteiger partial charge in [-0.2, -0.15) is 11.8 Å². The Labute approximate surface area is 136 Å². The predicted molar refractivity (Wildman–Crippen MR) is 90.5 cm³/mol. The Morgan fingerprint density at radius 1 is 1.36 bits per heavy atom. The van der Waals surface area contributed by atoms with Gasteiger partial charge in [-0.15, -0.1) is 21.5 Å². The van der Waals surface area contributed by atoms with Crippen LogP contribution in [-0.4, -0.2) is 32.5 Å². The van der Waals surface area contributed by atoms with E-state index in [-0.39, 0.29) is 11.9 Å². The smallest absolute Gasteiger partial charge is 0.261 e. The fraction of sp³-hybridized carbons (Fsp3) is 0.267. The molecule has 22 heavy (non-hydrogen) atoms. The largest absolute Gasteiger partial charge is 0.341 e. The second kappa shape index (κ2) is 6.93. The number of thioether (sulfide) groups is 1. The molecule has 1 N–H and O–H groups in total. The van der Waals surface area contributed by atoms with Gasteiger partial charge < -0.3 is 5.32 Å². The highest BCUT2D eigenvalue weighted by Crippen LogP contribution is 2.19. The molecule has 3 rings (SSSR count). The van der Waals surface area contributed by atoms with E-state index in [1.54, 1.807) is 11.8 Å². The number of carbonyl (C=O) groups is 1. The SMILES string of the molecule is CSCC[C@@H](NC(=O)c1cccs1)c1nnc2ccccn12. The van der Waals surface area contributed by atoms with E-state index >= 15 is 0 Å². The fourth-order valence-electron chi connectivity index (χ4n) is 2.24. The summed E-state index contributed by atoms with van der Waals surface area (Å²) in [5.74, 6) is 1.65. The second-order valence-corrected chi connectivity index (χ2v) is 6.71. The average Bonchev–Trinajstić information content (AvgIpc) is 3.20. The molecule has 114 valence electrons. The van der Waals surface area contributed by atoms with E-state index < -0.39 is 0 Å². The summed E-state index contributed by atoms with van der Waals surface area (Å²) in [6.45, 7) is 0. The minimum absolute atomic E-state index is 0.0613. The van der Waals surface area contributed by atoms with Crippen LogP contribution in [0.4, 0.5) is 0 Å². The van der Waals surface area contributed by atoms with Crippen LogP contribution in [0.1, 0.15) is 28.0 Å². The first-order valence-electron chi connectivity index (χ1n) is 6.92. The lowest BCUT2D eigenvalue weighted by molar-refractivity contribution is 0.0938. The number of fused-ring (bicyclic) bond motifs is 1. The van der Waals surface area contributed by atoms with Crippen LogP contribution in [0, 0.1) is 0 Å². The quantitative estimate of drug-likeness (QED) is 0.754. The van der Waals surface area contributed by atoms with Gasteiger partial charge in [-0.05, 0) is 42.0 Å². The Hall–Kier alpha value is -1.86. The van der Waals surface area contributed by atoms with Gasteiger partial charge in [0.05, 0.1) is 10.9 Å². The third-order valence-electron chi connectivity index (χ3n) is 3.31. The van der Waals surface area contributed by atoms with Gasteiger partial charge in [0.15, 0.2) is 11.5 Å². The van der Waals surface area contributed by atoms with E-state index in [0.717, 1.165) is 23.6 Å². The number of nitrogens with one attached hydrogen (secondary N) is 1. The number of thiophene rings is 1. The maximum atomic E-state index is 12.3. The lowest BCUT2D eigenvalue weighted by Gasteiger charge is -2.16. The molecule has 3 aromatic heterocycles. The highest BCUT2D eigenvalue weighted by molar-refractivity contribution is 7.98. The van der Waals surface area contributed by atoms with Gasteiger partial charge in [-0.1, -0.05) is 12.1 Å². The zero-order valence-corrected chi connectivity index (χ0v) is 13.7. The molecule has 0 aromatic carbocycles. The zero-order chi connectivity index (χ0) is 15.4. The molecule has 1 atom stereocenters. The van der Waals surface area contributed by atoms with Crippen LogP contribution in [0.5, 0.6) is 0 Å². The summed E-state index contributed by atoms with van der Waals surface area (Å²) in [5, 5.41) is 13.4. The minimum atomic E-state index is -0.153. The van der Waals surface area contributed by atoms with Gasteiger partial charge in [0.2, 0.25) is 0 Å². The summed E-state index contributed by atoms with van der Waals surface area (Å²) < 4.78 is 1.93. The van der Waals surface area contributed by atoms with E-state index in [1.165, 1.54) is 11.3 Å². The lowest BCUT2D eigenvalue weighted by atomic mass is 10.2. The van der Waals surface area contributed by atoms with E-state index in [4.69, 9.17) is 0 Å². The molecule has 0 aliphatic carbocycles. The third kappa shape index (κ3) is 3.15. The molecule has 3 aromatic rings. The van der Waals surface area contributed by atoms with Crippen molar-refractivity contribution in [3.05, 3.63) is 52.6 Å². The number of aromatic nitrogens is 3. The summed E-state index contributed by atoms with van der Waals surface area (Å²) >= 11 is 3.19. The summed E-state index contributed by atoms with van der Waals surface area (Å²) in [6, 6.07) is 9.32. The molecule has 0 unspecified atom stereocenters. The van der Waals surface area contributed by atoms with E-state index in [0.29, 0.717) is 4.88 Å². The summed E-state index contributed by atoms with van der Waals surface area (Å²) in [4.78, 5) is 13.1. The lowest BCUT2D eigenvalue weighted by Crippen LogP contribution is -2.29. The Kier molecular flexibility index (Phi) is 4.74. The first-order valence-corrected chi connectivity index (χ1v) is 9.20. The zero-order valence-electron chi connectivity index (χ0n) is 12.1. The minimum Gasteiger partial charge on any atom is -0.341 e. The molecule has 0 saturated carbocycles. The summed E-state index contributed by atoms with van der Waals surface area (Å²) in [6.07, 6.45) is 4.79. The Morgan fingerprint density at radius 2 is 2.27 bits per heavy atom. The highest BCUT2D eigenvalue weighted by atomic mass is 32.2. The summed E-state index contributed by atoms with van der Waals surface area (Å²) in [5.41, 5.74) is 0.789. The molecule has 3 heterocycles. The average molecular weight is 332 g/mol. The van der Waals surface area contributed by atoms with Gasteiger partial charge in [0.25, 0.3) is 5.91 Å². The van der Waals surface area contributed by atoms with Crippen LogP contribution in [0.25, 0.3) is 5.65 Å². The van der Waals surface area contributed by atoms with Crippen LogP contribution < -0.4 is 5.32 Å². The van der Waals surface area contributed by atoms with E-state index in [1.807, 2.05) is 46.3 Å². The molecule has 0 aliphatic heterocycles.